The van der Waals surface area contributed by atoms with Gasteiger partial charge in [-0.15, -0.1) is 6.58 Å². The molecule has 3 fully saturated rings. The normalized spacial score (nSPS) is 31.5. The highest BCUT2D eigenvalue weighted by molar-refractivity contribution is 6.34. The van der Waals surface area contributed by atoms with Crippen LogP contribution in [-0.2, 0) is 23.9 Å². The molecule has 0 radical (unpaired) electrons. The fourth-order valence-corrected chi connectivity index (χ4v) is 6.43. The lowest BCUT2D eigenvalue weighted by atomic mass is 9.65. The first-order valence-corrected chi connectivity index (χ1v) is 12.1. The fourth-order valence-electron chi connectivity index (χ4n) is 6.19. The molecule has 0 aromatic heterocycles. The van der Waals surface area contributed by atoms with E-state index in [9.17, 15) is 19.5 Å². The number of fused-ring (bicyclic) bond motifs is 1. The van der Waals surface area contributed by atoms with Crippen LogP contribution in [0.5, 0.6) is 0 Å². The Morgan fingerprint density at radius 1 is 1.35 bits per heavy atom. The van der Waals surface area contributed by atoms with Crippen molar-refractivity contribution in [2.24, 2.45) is 11.8 Å². The molecule has 3 saturated heterocycles. The maximum Gasteiger partial charge on any atom is 0.312 e. The van der Waals surface area contributed by atoms with Gasteiger partial charge in [0.2, 0.25) is 5.91 Å². The van der Waals surface area contributed by atoms with Crippen molar-refractivity contribution >= 4 is 35.1 Å². The van der Waals surface area contributed by atoms with E-state index in [1.165, 1.54) is 9.80 Å². The number of ether oxygens (including phenoxy) is 2. The zero-order chi connectivity index (χ0) is 24.7. The summed E-state index contributed by atoms with van der Waals surface area (Å²) < 4.78 is 12.0. The number of benzene rings is 1. The molecule has 5 atom stereocenters. The van der Waals surface area contributed by atoms with Gasteiger partial charge in [-0.2, -0.15) is 0 Å². The average Bonchev–Trinajstić information content (AvgIpc) is 3.42. The molecule has 184 valence electrons. The molecule has 0 saturated carbocycles. The van der Waals surface area contributed by atoms with Gasteiger partial charge in [-0.25, -0.2) is 0 Å². The van der Waals surface area contributed by atoms with Crippen LogP contribution >= 0.6 is 11.6 Å². The third-order valence-corrected chi connectivity index (χ3v) is 7.84. The molecule has 3 heterocycles. The highest BCUT2D eigenvalue weighted by Crippen LogP contribution is 2.64. The van der Waals surface area contributed by atoms with Gasteiger partial charge in [-0.05, 0) is 38.3 Å². The van der Waals surface area contributed by atoms with E-state index in [-0.39, 0.29) is 38.1 Å². The maximum atomic E-state index is 14.2. The summed E-state index contributed by atoms with van der Waals surface area (Å²) in [5.41, 5.74) is -1.55. The minimum absolute atomic E-state index is 0.0457. The smallest absolute Gasteiger partial charge is 0.312 e. The Bertz CT molecular complexity index is 1000. The summed E-state index contributed by atoms with van der Waals surface area (Å²) in [5, 5.41) is 10.1. The first-order valence-electron chi connectivity index (χ1n) is 11.8. The SMILES string of the molecule is C=CCN(C(=O)C1N(CCO)C(=O)[C@@H]2[C@H](C(=O)OCC)[C@]3(CC)CCC12O3)c1ccccc1Cl. The Morgan fingerprint density at radius 3 is 2.71 bits per heavy atom. The van der Waals surface area contributed by atoms with Crippen molar-refractivity contribution in [2.75, 3.05) is 31.2 Å². The molecular formula is C25H31ClN2O6. The zero-order valence-electron chi connectivity index (χ0n) is 19.5. The number of nitrogens with zero attached hydrogens (tertiary/aromatic N) is 2. The summed E-state index contributed by atoms with van der Waals surface area (Å²) in [6.45, 7) is 7.40. The van der Waals surface area contributed by atoms with Gasteiger partial charge < -0.3 is 24.4 Å². The summed E-state index contributed by atoms with van der Waals surface area (Å²) >= 11 is 6.42. The molecule has 3 aliphatic heterocycles. The first-order chi connectivity index (χ1) is 16.3. The Morgan fingerprint density at radius 2 is 2.09 bits per heavy atom. The Balaban J connectivity index is 1.82. The van der Waals surface area contributed by atoms with Gasteiger partial charge in [-0.3, -0.25) is 14.4 Å². The lowest BCUT2D eigenvalue weighted by Crippen LogP contribution is -2.57. The number of likely N-dealkylation sites (tertiary alicyclic amines) is 1. The molecule has 9 heteroatoms. The van der Waals surface area contributed by atoms with E-state index in [2.05, 4.69) is 6.58 Å². The minimum atomic E-state index is -1.18. The number of esters is 1. The first kappa shape index (κ1) is 24.7. The highest BCUT2D eigenvalue weighted by Gasteiger charge is 2.79. The van der Waals surface area contributed by atoms with E-state index < -0.39 is 35.0 Å². The van der Waals surface area contributed by atoms with Crippen LogP contribution in [0.15, 0.2) is 36.9 Å². The number of para-hydroxylation sites is 1. The maximum absolute atomic E-state index is 14.2. The Labute approximate surface area is 204 Å². The fraction of sp³-hybridized carbons (Fsp3) is 0.560. The third kappa shape index (κ3) is 3.46. The standard InChI is InChI=1S/C25H31ClN2O6/c1-4-13-27(17-10-8-7-9-16(17)26)22(31)20-25-12-11-24(5-2,34-25)19(23(32)33-6-3)18(25)21(30)28(20)14-15-29/h4,7-10,18-20,29H,1,5-6,11-15H2,2-3H3/t18-,19+,20?,24-,25?/m0/s1. The molecule has 1 aromatic carbocycles. The molecule has 34 heavy (non-hydrogen) atoms. The Kier molecular flexibility index (Phi) is 6.77. The van der Waals surface area contributed by atoms with Crippen LogP contribution in [0.2, 0.25) is 5.02 Å². The van der Waals surface area contributed by atoms with Gasteiger partial charge in [-0.1, -0.05) is 36.7 Å². The lowest BCUT2D eigenvalue weighted by Gasteiger charge is -2.36. The molecule has 1 aromatic rings. The molecule has 1 spiro atoms. The number of anilines is 1. The van der Waals surface area contributed by atoms with Crippen molar-refractivity contribution in [1.29, 1.82) is 0 Å². The number of carbonyl (C=O) groups is 3. The topological polar surface area (TPSA) is 96.4 Å². The van der Waals surface area contributed by atoms with Gasteiger partial charge in [0.05, 0.1) is 35.4 Å². The molecule has 2 unspecified atom stereocenters. The monoisotopic (exact) mass is 490 g/mol. The number of aliphatic hydroxyl groups is 1. The lowest BCUT2D eigenvalue weighted by molar-refractivity contribution is -0.160. The van der Waals surface area contributed by atoms with E-state index >= 15 is 0 Å². The van der Waals surface area contributed by atoms with Crippen LogP contribution in [0.25, 0.3) is 0 Å². The molecule has 3 aliphatic rings. The quantitative estimate of drug-likeness (QED) is 0.422. The van der Waals surface area contributed by atoms with Crippen LogP contribution in [0.1, 0.15) is 33.1 Å². The van der Waals surface area contributed by atoms with E-state index in [4.69, 9.17) is 21.1 Å². The van der Waals surface area contributed by atoms with E-state index in [0.29, 0.717) is 30.0 Å². The van der Waals surface area contributed by atoms with Gasteiger partial charge in [0, 0.05) is 13.1 Å². The average molecular weight is 491 g/mol. The predicted molar refractivity (Wildman–Crippen MR) is 126 cm³/mol. The Hall–Kier alpha value is -2.42. The number of carbonyl (C=O) groups excluding carboxylic acids is 3. The number of hydrogen-bond donors (Lipinski definition) is 1. The van der Waals surface area contributed by atoms with Crippen molar-refractivity contribution in [3.63, 3.8) is 0 Å². The molecule has 2 amide bonds. The molecule has 1 N–H and O–H groups in total. The molecule has 8 nitrogen and oxygen atoms in total. The van der Waals surface area contributed by atoms with Crippen LogP contribution in [0.4, 0.5) is 5.69 Å². The number of rotatable bonds is 9. The summed E-state index contributed by atoms with van der Waals surface area (Å²) in [4.78, 5) is 43.9. The molecule has 2 bridgehead atoms. The van der Waals surface area contributed by atoms with E-state index in [0.717, 1.165) is 0 Å². The number of halogens is 1. The van der Waals surface area contributed by atoms with Crippen LogP contribution in [0, 0.1) is 11.8 Å². The summed E-state index contributed by atoms with van der Waals surface area (Å²) in [5.74, 6) is -2.87. The van der Waals surface area contributed by atoms with Crippen LogP contribution in [-0.4, -0.2) is 71.3 Å². The number of aliphatic hydroxyl groups excluding tert-OH is 1. The minimum Gasteiger partial charge on any atom is -0.466 e. The predicted octanol–water partition coefficient (Wildman–Crippen LogP) is 2.57. The van der Waals surface area contributed by atoms with Gasteiger partial charge in [0.25, 0.3) is 5.91 Å². The van der Waals surface area contributed by atoms with Gasteiger partial charge >= 0.3 is 5.97 Å². The second-order valence-electron chi connectivity index (χ2n) is 9.03. The third-order valence-electron chi connectivity index (χ3n) is 7.52. The van der Waals surface area contributed by atoms with Crippen molar-refractivity contribution in [3.8, 4) is 0 Å². The molecular weight excluding hydrogens is 460 g/mol. The van der Waals surface area contributed by atoms with Crippen LogP contribution < -0.4 is 4.90 Å². The second kappa shape index (κ2) is 9.32. The van der Waals surface area contributed by atoms with Crippen molar-refractivity contribution in [1.82, 2.24) is 4.90 Å². The van der Waals surface area contributed by atoms with Gasteiger partial charge in [0.1, 0.15) is 17.6 Å². The molecule has 0 aliphatic carbocycles. The summed E-state index contributed by atoms with van der Waals surface area (Å²) in [7, 11) is 0. The van der Waals surface area contributed by atoms with Crippen molar-refractivity contribution < 1.29 is 29.0 Å². The summed E-state index contributed by atoms with van der Waals surface area (Å²) in [6, 6.07) is 5.95. The van der Waals surface area contributed by atoms with Gasteiger partial charge in [0.15, 0.2) is 0 Å². The van der Waals surface area contributed by atoms with Crippen molar-refractivity contribution in [2.45, 2.75) is 50.4 Å². The molecule has 4 rings (SSSR count). The van der Waals surface area contributed by atoms with E-state index in [1.807, 2.05) is 6.92 Å². The van der Waals surface area contributed by atoms with Crippen molar-refractivity contribution in [3.05, 3.63) is 41.9 Å². The number of hydrogen-bond acceptors (Lipinski definition) is 6. The summed E-state index contributed by atoms with van der Waals surface area (Å²) in [6.07, 6.45) is 3.10. The zero-order valence-corrected chi connectivity index (χ0v) is 20.3. The number of amides is 2. The van der Waals surface area contributed by atoms with Crippen LogP contribution in [0.3, 0.4) is 0 Å². The second-order valence-corrected chi connectivity index (χ2v) is 9.44. The number of β-amino-alcohol motifs (C(OH)–C–C–N with tert-alkyl or cyclic N) is 1. The van der Waals surface area contributed by atoms with E-state index in [1.54, 1.807) is 37.3 Å². The highest BCUT2D eigenvalue weighted by atomic mass is 35.5. The largest absolute Gasteiger partial charge is 0.466 e.